The third-order valence-corrected chi connectivity index (χ3v) is 3.67. The summed E-state index contributed by atoms with van der Waals surface area (Å²) in [5.41, 5.74) is 9.16. The summed E-state index contributed by atoms with van der Waals surface area (Å²) in [6.07, 6.45) is 1.38. The molecule has 1 atom stereocenters. The molecule has 0 bridgehead atoms. The number of aryl methyl sites for hydroxylation is 1. The first-order chi connectivity index (χ1) is 11.0. The Morgan fingerprint density at radius 1 is 1.35 bits per heavy atom. The van der Waals surface area contributed by atoms with Crippen molar-refractivity contribution < 1.29 is 14.3 Å². The molecule has 2 aromatic rings. The van der Waals surface area contributed by atoms with Gasteiger partial charge >= 0.3 is 5.97 Å². The van der Waals surface area contributed by atoms with Crippen LogP contribution in [0, 0.1) is 6.92 Å². The van der Waals surface area contributed by atoms with Crippen molar-refractivity contribution in [3.63, 3.8) is 0 Å². The lowest BCUT2D eigenvalue weighted by Crippen LogP contribution is -2.36. The fourth-order valence-electron chi connectivity index (χ4n) is 2.60. The average molecular weight is 311 g/mol. The van der Waals surface area contributed by atoms with E-state index in [1.807, 2.05) is 31.2 Å². The Morgan fingerprint density at radius 3 is 2.70 bits per heavy atom. The summed E-state index contributed by atoms with van der Waals surface area (Å²) in [6.45, 7) is 1.99. The predicted molar refractivity (Wildman–Crippen MR) is 86.6 cm³/mol. The molecule has 0 aliphatic carbocycles. The molecule has 23 heavy (non-hydrogen) atoms. The van der Waals surface area contributed by atoms with E-state index in [-0.39, 0.29) is 12.4 Å². The van der Waals surface area contributed by atoms with E-state index < -0.39 is 12.0 Å². The maximum Gasteiger partial charge on any atom is 0.307 e. The van der Waals surface area contributed by atoms with Crippen molar-refractivity contribution in [2.24, 2.45) is 10.7 Å². The van der Waals surface area contributed by atoms with Crippen LogP contribution in [0.3, 0.4) is 0 Å². The number of guanidine groups is 1. The number of furan rings is 1. The van der Waals surface area contributed by atoms with Crippen molar-refractivity contribution in [1.29, 1.82) is 0 Å². The molecule has 0 radical (unpaired) electrons. The molecule has 118 valence electrons. The van der Waals surface area contributed by atoms with Crippen LogP contribution in [0.15, 0.2) is 57.6 Å². The van der Waals surface area contributed by atoms with Crippen molar-refractivity contribution in [3.05, 3.63) is 65.1 Å². The Balaban J connectivity index is 2.13. The average Bonchev–Trinajstić information content (AvgIpc) is 3.03. The molecule has 1 aromatic carbocycles. The van der Waals surface area contributed by atoms with Crippen molar-refractivity contribution in [1.82, 2.24) is 5.32 Å². The number of hydrogen-bond acceptors (Lipinski definition) is 5. The summed E-state index contributed by atoms with van der Waals surface area (Å²) in [4.78, 5) is 15.6. The van der Waals surface area contributed by atoms with Crippen molar-refractivity contribution in [2.75, 3.05) is 0 Å². The van der Waals surface area contributed by atoms with Gasteiger partial charge in [-0.2, -0.15) is 0 Å². The van der Waals surface area contributed by atoms with E-state index in [1.54, 1.807) is 12.1 Å². The normalized spacial score (nSPS) is 17.6. The number of nitrogens with one attached hydrogen (secondary N) is 1. The van der Waals surface area contributed by atoms with E-state index in [0.717, 1.165) is 11.1 Å². The van der Waals surface area contributed by atoms with Crippen molar-refractivity contribution in [2.45, 2.75) is 19.4 Å². The highest BCUT2D eigenvalue weighted by Crippen LogP contribution is 2.35. The Hall–Kier alpha value is -3.02. The number of carbonyl (C=O) groups is 1. The number of rotatable bonds is 4. The minimum atomic E-state index is -0.932. The summed E-state index contributed by atoms with van der Waals surface area (Å²) >= 11 is 0. The zero-order chi connectivity index (χ0) is 16.4. The van der Waals surface area contributed by atoms with E-state index in [4.69, 9.17) is 10.2 Å². The van der Waals surface area contributed by atoms with Crippen LogP contribution in [-0.2, 0) is 4.79 Å². The number of carboxylic acids is 1. The molecule has 1 unspecified atom stereocenters. The molecule has 1 aromatic heterocycles. The predicted octanol–water partition coefficient (Wildman–Crippen LogP) is 2.43. The number of hydrogen-bond donors (Lipinski definition) is 3. The van der Waals surface area contributed by atoms with Crippen LogP contribution in [0.2, 0.25) is 0 Å². The molecule has 6 nitrogen and oxygen atoms in total. The largest absolute Gasteiger partial charge is 0.481 e. The number of nitrogens with two attached hydrogens (primary N) is 1. The van der Waals surface area contributed by atoms with E-state index in [2.05, 4.69) is 10.3 Å². The minimum Gasteiger partial charge on any atom is -0.481 e. The Morgan fingerprint density at radius 2 is 2.09 bits per heavy atom. The molecule has 0 spiro atoms. The fraction of sp³-hybridized carbons (Fsp3) is 0.176. The molecule has 0 amide bonds. The second-order valence-electron chi connectivity index (χ2n) is 5.39. The lowest BCUT2D eigenvalue weighted by molar-refractivity contribution is -0.136. The standard InChI is InChI=1S/C17H17N3O3/c1-10-4-6-11(7-5-10)15-12(9-14(21)22)16(20-17(18)19-15)13-3-2-8-23-13/h2-8,16H,9H2,1H3,(H,21,22)(H3,18,19,20). The zero-order valence-corrected chi connectivity index (χ0v) is 12.6. The molecule has 2 heterocycles. The van der Waals surface area contributed by atoms with Gasteiger partial charge in [-0.15, -0.1) is 0 Å². The van der Waals surface area contributed by atoms with Gasteiger partial charge in [-0.1, -0.05) is 29.8 Å². The van der Waals surface area contributed by atoms with Gasteiger partial charge in [0.05, 0.1) is 18.4 Å². The summed E-state index contributed by atoms with van der Waals surface area (Å²) in [5.74, 6) is -0.134. The van der Waals surface area contributed by atoms with Crippen LogP contribution in [0.25, 0.3) is 5.70 Å². The molecule has 0 saturated carbocycles. The highest BCUT2D eigenvalue weighted by atomic mass is 16.4. The molecule has 0 fully saturated rings. The van der Waals surface area contributed by atoms with Gasteiger partial charge in [0.1, 0.15) is 11.8 Å². The first-order valence-corrected chi connectivity index (χ1v) is 7.20. The van der Waals surface area contributed by atoms with E-state index in [1.165, 1.54) is 6.26 Å². The lowest BCUT2D eigenvalue weighted by Gasteiger charge is -2.25. The molecular formula is C17H17N3O3. The maximum absolute atomic E-state index is 11.3. The Kier molecular flexibility index (Phi) is 3.89. The van der Waals surface area contributed by atoms with E-state index in [0.29, 0.717) is 17.0 Å². The van der Waals surface area contributed by atoms with Crippen LogP contribution in [0.5, 0.6) is 0 Å². The highest BCUT2D eigenvalue weighted by molar-refractivity contribution is 5.93. The first-order valence-electron chi connectivity index (χ1n) is 7.20. The highest BCUT2D eigenvalue weighted by Gasteiger charge is 2.29. The molecule has 1 aliphatic heterocycles. The Labute approximate surface area is 133 Å². The monoisotopic (exact) mass is 311 g/mol. The van der Waals surface area contributed by atoms with Crippen LogP contribution < -0.4 is 11.1 Å². The molecule has 1 aliphatic rings. The van der Waals surface area contributed by atoms with Gasteiger partial charge in [-0.25, -0.2) is 4.99 Å². The SMILES string of the molecule is Cc1ccc(C2=C(CC(=O)O)C(c3ccco3)N=C(N)N2)cc1. The van der Waals surface area contributed by atoms with Crippen LogP contribution in [0.4, 0.5) is 0 Å². The Bertz CT molecular complexity index is 774. The van der Waals surface area contributed by atoms with Gasteiger partial charge in [0.2, 0.25) is 0 Å². The molecule has 4 N–H and O–H groups in total. The first kappa shape index (κ1) is 14.9. The topological polar surface area (TPSA) is 101 Å². The maximum atomic E-state index is 11.3. The summed E-state index contributed by atoms with van der Waals surface area (Å²) in [6, 6.07) is 10.8. The fourth-order valence-corrected chi connectivity index (χ4v) is 2.60. The molecule has 6 heteroatoms. The number of aliphatic carboxylic acids is 1. The van der Waals surface area contributed by atoms with Crippen LogP contribution in [-0.4, -0.2) is 17.0 Å². The van der Waals surface area contributed by atoms with Crippen molar-refractivity contribution in [3.8, 4) is 0 Å². The third kappa shape index (κ3) is 3.11. The number of nitrogens with zero attached hydrogens (tertiary/aromatic N) is 1. The number of aliphatic imine (C=N–C) groups is 1. The van der Waals surface area contributed by atoms with Gasteiger partial charge in [0.15, 0.2) is 5.96 Å². The van der Waals surface area contributed by atoms with Crippen LogP contribution >= 0.6 is 0 Å². The third-order valence-electron chi connectivity index (χ3n) is 3.67. The smallest absolute Gasteiger partial charge is 0.307 e. The number of benzene rings is 1. The molecule has 0 saturated heterocycles. The van der Waals surface area contributed by atoms with E-state index >= 15 is 0 Å². The minimum absolute atomic E-state index is 0.154. The zero-order valence-electron chi connectivity index (χ0n) is 12.6. The van der Waals surface area contributed by atoms with Crippen molar-refractivity contribution >= 4 is 17.6 Å². The summed E-state index contributed by atoms with van der Waals surface area (Å²) < 4.78 is 5.42. The van der Waals surface area contributed by atoms with Gasteiger partial charge in [-0.3, -0.25) is 4.79 Å². The van der Waals surface area contributed by atoms with Gasteiger partial charge in [-0.05, 0) is 30.2 Å². The quantitative estimate of drug-likeness (QED) is 0.805. The summed E-state index contributed by atoms with van der Waals surface area (Å²) in [7, 11) is 0. The lowest BCUT2D eigenvalue weighted by atomic mass is 9.94. The van der Waals surface area contributed by atoms with Gasteiger partial charge in [0, 0.05) is 0 Å². The molecule has 3 rings (SSSR count). The van der Waals surface area contributed by atoms with Gasteiger partial charge in [0.25, 0.3) is 0 Å². The summed E-state index contributed by atoms with van der Waals surface area (Å²) in [5, 5.41) is 12.3. The number of carboxylic acid groups (broad SMARTS) is 1. The van der Waals surface area contributed by atoms with Crippen LogP contribution in [0.1, 0.15) is 29.3 Å². The van der Waals surface area contributed by atoms with Gasteiger partial charge < -0.3 is 20.6 Å². The molecular weight excluding hydrogens is 294 g/mol. The van der Waals surface area contributed by atoms with E-state index in [9.17, 15) is 9.90 Å². The second kappa shape index (κ2) is 6.00. The second-order valence-corrected chi connectivity index (χ2v) is 5.39.